The monoisotopic (exact) mass is 281 g/mol. The lowest BCUT2D eigenvalue weighted by atomic mass is 10.0. The van der Waals surface area contributed by atoms with Gasteiger partial charge in [0.15, 0.2) is 0 Å². The number of ether oxygens (including phenoxy) is 1. The van der Waals surface area contributed by atoms with Crippen LogP contribution < -0.4 is 0 Å². The topological polar surface area (TPSA) is 47.4 Å². The maximum absolute atomic E-state index is 5.76. The van der Waals surface area contributed by atoms with Crippen molar-refractivity contribution >= 4 is 22.1 Å². The zero-order valence-electron chi connectivity index (χ0n) is 8.77. The van der Waals surface area contributed by atoms with Gasteiger partial charge in [0.25, 0.3) is 0 Å². The van der Waals surface area contributed by atoms with E-state index in [1.165, 1.54) is 6.42 Å². The summed E-state index contributed by atoms with van der Waals surface area (Å²) in [5, 5.41) is 0. The second-order valence-electron chi connectivity index (χ2n) is 4.09. The summed E-state index contributed by atoms with van der Waals surface area (Å²) in [6, 6.07) is 0.0518. The highest BCUT2D eigenvalue weighted by Gasteiger charge is 2.31. The van der Waals surface area contributed by atoms with Crippen molar-refractivity contribution in [2.45, 2.75) is 31.4 Å². The predicted octanol–water partition coefficient (Wildman–Crippen LogP) is 2.28. The van der Waals surface area contributed by atoms with Gasteiger partial charge in [0.1, 0.15) is 16.3 Å². The van der Waals surface area contributed by atoms with Crippen LogP contribution in [0, 0.1) is 0 Å². The van der Waals surface area contributed by atoms with Crippen LogP contribution in [0.25, 0.3) is 0 Å². The van der Waals surface area contributed by atoms with Gasteiger partial charge in [0, 0.05) is 12.8 Å². The molecule has 4 nitrogen and oxygen atoms in total. The smallest absolute Gasteiger partial charge is 0.125 e. The lowest BCUT2D eigenvalue weighted by Crippen LogP contribution is -2.25. The van der Waals surface area contributed by atoms with Gasteiger partial charge in [-0.05, 0) is 35.2 Å². The zero-order chi connectivity index (χ0) is 11.0. The summed E-state index contributed by atoms with van der Waals surface area (Å²) in [5.74, 6) is 0. The number of hydrogen-bond acceptors (Lipinski definition) is 4. The van der Waals surface area contributed by atoms with Crippen LogP contribution in [0.15, 0.2) is 15.8 Å². The summed E-state index contributed by atoms with van der Waals surface area (Å²) < 4.78 is 6.51. The van der Waals surface area contributed by atoms with Crippen LogP contribution in [0.5, 0.6) is 0 Å². The number of fused-ring (bicyclic) bond motifs is 1. The third kappa shape index (κ3) is 1.78. The van der Waals surface area contributed by atoms with Gasteiger partial charge in [-0.15, -0.1) is 0 Å². The number of halogens is 1. The molecule has 0 amide bonds. The number of aliphatic imine (C=N–C) groups is 1. The van der Waals surface area contributed by atoms with Crippen LogP contribution in [0.4, 0.5) is 0 Å². The molecule has 1 fully saturated rings. The van der Waals surface area contributed by atoms with Gasteiger partial charge in [0.2, 0.25) is 0 Å². The maximum Gasteiger partial charge on any atom is 0.125 e. The summed E-state index contributed by atoms with van der Waals surface area (Å²) in [5.41, 5.74) is 1.82. The van der Waals surface area contributed by atoms with Crippen LogP contribution in [-0.4, -0.2) is 28.9 Å². The van der Waals surface area contributed by atoms with E-state index in [-0.39, 0.29) is 12.1 Å². The molecule has 2 aliphatic heterocycles. The van der Waals surface area contributed by atoms with Crippen LogP contribution in [0.1, 0.15) is 36.7 Å². The lowest BCUT2D eigenvalue weighted by molar-refractivity contribution is 0.000448. The lowest BCUT2D eigenvalue weighted by Gasteiger charge is -2.26. The van der Waals surface area contributed by atoms with Gasteiger partial charge >= 0.3 is 0 Å². The van der Waals surface area contributed by atoms with Crippen LogP contribution in [-0.2, 0) is 4.74 Å². The summed E-state index contributed by atoms with van der Waals surface area (Å²) >= 11 is 3.31. The Morgan fingerprint density at radius 3 is 3.12 bits per heavy atom. The summed E-state index contributed by atoms with van der Waals surface area (Å²) in [6.45, 7) is 0.843. The van der Waals surface area contributed by atoms with Crippen molar-refractivity contribution < 1.29 is 4.74 Å². The van der Waals surface area contributed by atoms with E-state index in [0.717, 1.165) is 35.4 Å². The van der Waals surface area contributed by atoms with E-state index in [0.29, 0.717) is 0 Å². The molecule has 1 aromatic heterocycles. The van der Waals surface area contributed by atoms with E-state index in [4.69, 9.17) is 4.74 Å². The third-order valence-corrected chi connectivity index (χ3v) is 3.39. The second-order valence-corrected chi connectivity index (χ2v) is 4.90. The van der Waals surface area contributed by atoms with Gasteiger partial charge in [-0.1, -0.05) is 0 Å². The van der Waals surface area contributed by atoms with Gasteiger partial charge in [-0.2, -0.15) is 0 Å². The highest BCUT2D eigenvalue weighted by atomic mass is 79.9. The van der Waals surface area contributed by atoms with Crippen molar-refractivity contribution in [1.29, 1.82) is 0 Å². The van der Waals surface area contributed by atoms with Gasteiger partial charge < -0.3 is 4.74 Å². The van der Waals surface area contributed by atoms with E-state index >= 15 is 0 Å². The first-order valence-corrected chi connectivity index (χ1v) is 6.31. The summed E-state index contributed by atoms with van der Waals surface area (Å²) in [4.78, 5) is 13.2. The summed E-state index contributed by atoms with van der Waals surface area (Å²) in [6.07, 6.45) is 7.15. The molecule has 84 valence electrons. The largest absolute Gasteiger partial charge is 0.376 e. The van der Waals surface area contributed by atoms with Crippen LogP contribution in [0.3, 0.4) is 0 Å². The van der Waals surface area contributed by atoms with Gasteiger partial charge in [0.05, 0.1) is 18.0 Å². The maximum atomic E-state index is 5.76. The first kappa shape index (κ1) is 10.4. The van der Waals surface area contributed by atoms with Crippen molar-refractivity contribution in [2.75, 3.05) is 6.61 Å². The molecule has 0 saturated carbocycles. The average Bonchev–Trinajstić information content (AvgIpc) is 2.73. The number of aromatic nitrogens is 2. The fourth-order valence-electron chi connectivity index (χ4n) is 2.22. The molecule has 0 aromatic carbocycles. The van der Waals surface area contributed by atoms with Crippen molar-refractivity contribution in [2.24, 2.45) is 4.99 Å². The number of hydrogen-bond donors (Lipinski definition) is 0. The van der Waals surface area contributed by atoms with E-state index in [1.807, 2.05) is 0 Å². The van der Waals surface area contributed by atoms with Crippen LogP contribution in [0.2, 0.25) is 0 Å². The standard InChI is InChI=1S/C11H12BrN3O/c12-9-6-14-10-7(15-9)5-13-11(10)8-3-1-2-4-16-8/h5-6,8,11H,1-4H2. The van der Waals surface area contributed by atoms with E-state index < -0.39 is 0 Å². The molecule has 0 N–H and O–H groups in total. The molecule has 2 atom stereocenters. The third-order valence-electron chi connectivity index (χ3n) is 3.00. The second kappa shape index (κ2) is 4.22. The Labute approximate surface area is 102 Å². The Bertz CT molecular complexity index is 429. The first-order chi connectivity index (χ1) is 7.84. The summed E-state index contributed by atoms with van der Waals surface area (Å²) in [7, 11) is 0. The molecular weight excluding hydrogens is 270 g/mol. The first-order valence-electron chi connectivity index (χ1n) is 5.52. The fraction of sp³-hybridized carbons (Fsp3) is 0.545. The van der Waals surface area contributed by atoms with Gasteiger partial charge in [-0.25, -0.2) is 4.98 Å². The van der Waals surface area contributed by atoms with Gasteiger partial charge in [-0.3, -0.25) is 9.98 Å². The molecule has 3 heterocycles. The Balaban J connectivity index is 1.88. The molecule has 16 heavy (non-hydrogen) atoms. The molecule has 1 saturated heterocycles. The minimum Gasteiger partial charge on any atom is -0.376 e. The SMILES string of the molecule is Brc1cnc2c(n1)C=NC2C1CCCCO1. The molecule has 0 spiro atoms. The molecule has 0 radical (unpaired) electrons. The van der Waals surface area contributed by atoms with Crippen molar-refractivity contribution in [3.05, 3.63) is 22.2 Å². The van der Waals surface area contributed by atoms with Crippen LogP contribution >= 0.6 is 15.9 Å². The van der Waals surface area contributed by atoms with E-state index in [1.54, 1.807) is 12.4 Å². The number of rotatable bonds is 1. The molecular formula is C11H12BrN3O. The Morgan fingerprint density at radius 2 is 2.31 bits per heavy atom. The molecule has 0 bridgehead atoms. The van der Waals surface area contributed by atoms with Crippen molar-refractivity contribution in [1.82, 2.24) is 9.97 Å². The highest BCUT2D eigenvalue weighted by Crippen LogP contribution is 2.32. The van der Waals surface area contributed by atoms with E-state index in [2.05, 4.69) is 30.9 Å². The Kier molecular flexibility index (Phi) is 2.73. The predicted molar refractivity (Wildman–Crippen MR) is 63.7 cm³/mol. The van der Waals surface area contributed by atoms with Crippen molar-refractivity contribution in [3.63, 3.8) is 0 Å². The molecule has 0 aliphatic carbocycles. The van der Waals surface area contributed by atoms with E-state index in [9.17, 15) is 0 Å². The van der Waals surface area contributed by atoms with Crippen molar-refractivity contribution in [3.8, 4) is 0 Å². The molecule has 3 rings (SSSR count). The average molecular weight is 282 g/mol. The molecule has 1 aromatic rings. The quantitative estimate of drug-likeness (QED) is 0.794. The molecule has 5 heteroatoms. The Hall–Kier alpha value is -0.810. The number of nitrogens with zero attached hydrogens (tertiary/aromatic N) is 3. The Morgan fingerprint density at radius 1 is 1.38 bits per heavy atom. The molecule has 2 aliphatic rings. The minimum absolute atomic E-state index is 0.0518. The normalized spacial score (nSPS) is 28.1. The zero-order valence-corrected chi connectivity index (χ0v) is 10.4. The minimum atomic E-state index is 0.0518. The highest BCUT2D eigenvalue weighted by molar-refractivity contribution is 9.10. The molecule has 2 unspecified atom stereocenters. The fourth-order valence-corrected chi connectivity index (χ4v) is 2.51.